The third-order valence-electron chi connectivity index (χ3n) is 6.66. The molecule has 3 rings (SSSR count). The van der Waals surface area contributed by atoms with Crippen LogP contribution in [0.2, 0.25) is 18.1 Å². The summed E-state index contributed by atoms with van der Waals surface area (Å²) in [4.78, 5) is 14.7. The Bertz CT molecular complexity index is 1130. The van der Waals surface area contributed by atoms with Crippen molar-refractivity contribution < 1.29 is 14.0 Å². The van der Waals surface area contributed by atoms with Crippen LogP contribution < -0.4 is 9.64 Å². The number of carbonyl (C=O) groups is 1. The zero-order chi connectivity index (χ0) is 24.9. The van der Waals surface area contributed by atoms with Crippen molar-refractivity contribution in [2.24, 2.45) is 5.92 Å². The quantitative estimate of drug-likeness (QED) is 0.345. The fourth-order valence-corrected chi connectivity index (χ4v) is 4.73. The second-order valence-corrected chi connectivity index (χ2v) is 14.7. The predicted octanol–water partition coefficient (Wildman–Crippen LogP) is 6.75. The highest BCUT2D eigenvalue weighted by Crippen LogP contribution is 2.40. The maximum atomic E-state index is 13.1. The minimum absolute atomic E-state index is 0.128. The molecule has 0 aliphatic carbocycles. The Hall–Kier alpha value is -3.25. The van der Waals surface area contributed by atoms with Gasteiger partial charge in [-0.2, -0.15) is 0 Å². The number of hydrogen-bond donors (Lipinski definition) is 0. The largest absolute Gasteiger partial charge is 0.421 e. The molecule has 1 aliphatic heterocycles. The number of rotatable bonds is 6. The smallest absolute Gasteiger partial charge is 0.417 e. The molecular formula is C29H33NO3Si. The number of benzene rings is 2. The van der Waals surface area contributed by atoms with Crippen LogP contribution in [0.25, 0.3) is 5.57 Å². The number of hydrogen-bond acceptors (Lipinski definition) is 3. The fraction of sp³-hybridized carbons (Fsp3) is 0.345. The fourth-order valence-electron chi connectivity index (χ4n) is 3.67. The van der Waals surface area contributed by atoms with Gasteiger partial charge < -0.3 is 9.16 Å². The van der Waals surface area contributed by atoms with Crippen molar-refractivity contribution in [1.29, 1.82) is 0 Å². The van der Waals surface area contributed by atoms with Gasteiger partial charge in [-0.05, 0) is 54.4 Å². The minimum atomic E-state index is -1.88. The van der Waals surface area contributed by atoms with Crippen molar-refractivity contribution in [3.8, 4) is 30.4 Å². The highest BCUT2D eigenvalue weighted by molar-refractivity contribution is 6.74. The van der Waals surface area contributed by atoms with E-state index in [1.54, 1.807) is 12.1 Å². The van der Waals surface area contributed by atoms with Crippen LogP contribution >= 0.6 is 0 Å². The molecule has 2 aromatic rings. The van der Waals surface area contributed by atoms with E-state index in [4.69, 9.17) is 22.0 Å². The Balaban J connectivity index is 1.87. The second kappa shape index (κ2) is 10.3. The molecule has 0 spiro atoms. The van der Waals surface area contributed by atoms with Gasteiger partial charge in [0.1, 0.15) is 11.8 Å². The lowest BCUT2D eigenvalue weighted by Crippen LogP contribution is -2.43. The first-order valence-corrected chi connectivity index (χ1v) is 14.4. The average molecular weight is 472 g/mol. The summed E-state index contributed by atoms with van der Waals surface area (Å²) >= 11 is 0. The number of terminal acetylenes is 2. The molecule has 0 radical (unpaired) electrons. The molecule has 2 aromatic carbocycles. The van der Waals surface area contributed by atoms with Crippen LogP contribution in [-0.2, 0) is 4.43 Å². The van der Waals surface area contributed by atoms with E-state index in [-0.39, 0.29) is 11.0 Å². The summed E-state index contributed by atoms with van der Waals surface area (Å²) in [6, 6.07) is 16.0. The summed E-state index contributed by atoms with van der Waals surface area (Å²) in [5.74, 6) is 5.93. The number of nitrogens with zero attached hydrogens (tertiary/aromatic N) is 1. The van der Waals surface area contributed by atoms with Gasteiger partial charge in [0.15, 0.2) is 8.32 Å². The molecule has 1 heterocycles. The molecule has 2 atom stereocenters. The van der Waals surface area contributed by atoms with Crippen molar-refractivity contribution in [1.82, 2.24) is 0 Å². The summed E-state index contributed by atoms with van der Waals surface area (Å²) in [5.41, 5.74) is 2.52. The summed E-state index contributed by atoms with van der Waals surface area (Å²) < 4.78 is 12.0. The van der Waals surface area contributed by atoms with E-state index in [0.717, 1.165) is 11.1 Å². The lowest BCUT2D eigenvalue weighted by atomic mass is 9.85. The molecule has 1 aliphatic rings. The molecule has 176 valence electrons. The third-order valence-corrected chi connectivity index (χ3v) is 11.2. The summed E-state index contributed by atoms with van der Waals surface area (Å²) in [6.45, 7) is 11.7. The van der Waals surface area contributed by atoms with Gasteiger partial charge >= 0.3 is 6.09 Å². The molecule has 4 nitrogen and oxygen atoms in total. The van der Waals surface area contributed by atoms with E-state index in [0.29, 0.717) is 24.5 Å². The van der Waals surface area contributed by atoms with Crippen LogP contribution in [0.15, 0.2) is 60.7 Å². The Morgan fingerprint density at radius 1 is 1.09 bits per heavy atom. The number of ether oxygens (including phenoxy) is 1. The second-order valence-electron chi connectivity index (χ2n) is 9.92. The molecule has 5 heteroatoms. The van der Waals surface area contributed by atoms with Crippen LogP contribution in [0.1, 0.15) is 32.8 Å². The van der Waals surface area contributed by atoms with E-state index >= 15 is 0 Å². The topological polar surface area (TPSA) is 38.8 Å². The van der Waals surface area contributed by atoms with Gasteiger partial charge in [0, 0.05) is 18.1 Å². The Labute approximate surface area is 205 Å². The molecule has 0 unspecified atom stereocenters. The van der Waals surface area contributed by atoms with Crippen molar-refractivity contribution in [2.45, 2.75) is 51.4 Å². The van der Waals surface area contributed by atoms with Crippen LogP contribution in [0.4, 0.5) is 10.5 Å². The first kappa shape index (κ1) is 25.4. The maximum absolute atomic E-state index is 13.1. The van der Waals surface area contributed by atoms with E-state index in [2.05, 4.69) is 45.7 Å². The van der Waals surface area contributed by atoms with Gasteiger partial charge in [0.25, 0.3) is 0 Å². The van der Waals surface area contributed by atoms with Gasteiger partial charge in [-0.3, -0.25) is 4.90 Å². The number of allylic oxidation sites excluding steroid dienone is 1. The molecule has 0 aromatic heterocycles. The predicted molar refractivity (Wildman–Crippen MR) is 142 cm³/mol. The third kappa shape index (κ3) is 5.45. The van der Waals surface area contributed by atoms with Gasteiger partial charge in [-0.15, -0.1) is 12.8 Å². The maximum Gasteiger partial charge on any atom is 0.421 e. The molecule has 0 fully saturated rings. The van der Waals surface area contributed by atoms with Gasteiger partial charge in [-0.25, -0.2) is 4.79 Å². The van der Waals surface area contributed by atoms with Crippen molar-refractivity contribution in [3.63, 3.8) is 0 Å². The summed E-state index contributed by atoms with van der Waals surface area (Å²) in [7, 11) is -1.88. The van der Waals surface area contributed by atoms with Gasteiger partial charge in [0.05, 0.1) is 5.69 Å². The Morgan fingerprint density at radius 2 is 1.74 bits per heavy atom. The summed E-state index contributed by atoms with van der Waals surface area (Å²) in [6.07, 6.45) is 13.9. The van der Waals surface area contributed by atoms with Crippen molar-refractivity contribution >= 4 is 25.7 Å². The lowest BCUT2D eigenvalue weighted by molar-refractivity contribution is 0.207. The molecule has 0 saturated carbocycles. The van der Waals surface area contributed by atoms with Crippen LogP contribution in [0.5, 0.6) is 5.75 Å². The highest BCUT2D eigenvalue weighted by Gasteiger charge is 2.38. The Morgan fingerprint density at radius 3 is 2.35 bits per heavy atom. The van der Waals surface area contributed by atoms with Gasteiger partial charge in [-0.1, -0.05) is 69.0 Å². The normalized spacial score (nSPS) is 16.5. The first-order chi connectivity index (χ1) is 16.1. The minimum Gasteiger partial charge on any atom is -0.417 e. The molecule has 34 heavy (non-hydrogen) atoms. The SMILES string of the molecule is C#C[C@H](CCO[Si](C)(C)C(C)(C)C)C1=C[C@H](C#C)N(C(=O)Oc2ccccc2)c2ccccc21. The lowest BCUT2D eigenvalue weighted by Gasteiger charge is -2.37. The number of anilines is 1. The zero-order valence-corrected chi connectivity index (χ0v) is 21.7. The first-order valence-electron chi connectivity index (χ1n) is 11.5. The Kier molecular flexibility index (Phi) is 7.72. The zero-order valence-electron chi connectivity index (χ0n) is 20.7. The number of fused-ring (bicyclic) bond motifs is 1. The van der Waals surface area contributed by atoms with Crippen LogP contribution in [-0.4, -0.2) is 27.1 Å². The average Bonchev–Trinajstić information content (AvgIpc) is 2.80. The van der Waals surface area contributed by atoms with Crippen molar-refractivity contribution in [3.05, 3.63) is 66.2 Å². The van der Waals surface area contributed by atoms with E-state index in [1.165, 1.54) is 4.90 Å². The van der Waals surface area contributed by atoms with E-state index < -0.39 is 20.5 Å². The van der Waals surface area contributed by atoms with Gasteiger partial charge in [0.2, 0.25) is 0 Å². The molecule has 1 amide bonds. The molecule has 0 saturated heterocycles. The van der Waals surface area contributed by atoms with Crippen molar-refractivity contribution in [2.75, 3.05) is 11.5 Å². The standard InChI is InChI=1S/C29H33NO3Si/c1-8-22(19-20-32-34(6,7)29(3,4)5)26-21-23(9-2)30(27-18-14-13-17-25(26)27)28(31)33-24-15-11-10-12-16-24/h1-2,10-18,21-23H,19-20H2,3-7H3/t22-,23+/m1/s1. The number of amides is 1. The van der Waals surface area contributed by atoms with E-state index in [9.17, 15) is 4.79 Å². The molecular weight excluding hydrogens is 438 g/mol. The van der Waals surface area contributed by atoms with Crippen LogP contribution in [0.3, 0.4) is 0 Å². The monoisotopic (exact) mass is 471 g/mol. The van der Waals surface area contributed by atoms with Crippen LogP contribution in [0, 0.1) is 30.6 Å². The number of carbonyl (C=O) groups excluding carboxylic acids is 1. The van der Waals surface area contributed by atoms with E-state index in [1.807, 2.05) is 48.5 Å². The highest BCUT2D eigenvalue weighted by atomic mass is 28.4. The number of para-hydroxylation sites is 2. The molecule has 0 bridgehead atoms. The summed E-state index contributed by atoms with van der Waals surface area (Å²) in [5, 5.41) is 0.128. The molecule has 0 N–H and O–H groups in total.